The lowest BCUT2D eigenvalue weighted by atomic mass is 10.1. The van der Waals surface area contributed by atoms with Gasteiger partial charge in [0.05, 0.1) is 18.9 Å². The van der Waals surface area contributed by atoms with Crippen LogP contribution in [0.5, 0.6) is 11.5 Å². The molecule has 0 aliphatic carbocycles. The molecule has 0 bridgehead atoms. The van der Waals surface area contributed by atoms with Crippen LogP contribution in [0.3, 0.4) is 0 Å². The summed E-state index contributed by atoms with van der Waals surface area (Å²) in [5, 5.41) is 3.99. The second kappa shape index (κ2) is 9.84. The minimum absolute atomic E-state index is 0.281. The predicted octanol–water partition coefficient (Wildman–Crippen LogP) is 4.75. The van der Waals surface area contributed by atoms with E-state index in [0.29, 0.717) is 22.4 Å². The van der Waals surface area contributed by atoms with Crippen LogP contribution in [0.25, 0.3) is 0 Å². The number of amides is 1. The zero-order chi connectivity index (χ0) is 21.5. The first-order chi connectivity index (χ1) is 14.5. The van der Waals surface area contributed by atoms with Gasteiger partial charge in [0.15, 0.2) is 11.5 Å². The van der Waals surface area contributed by atoms with E-state index in [2.05, 4.69) is 26.5 Å². The third kappa shape index (κ3) is 5.33. The minimum Gasteiger partial charge on any atom is -0.493 e. The van der Waals surface area contributed by atoms with E-state index in [1.165, 1.54) is 13.3 Å². The largest absolute Gasteiger partial charge is 0.493 e. The molecule has 0 saturated carbocycles. The summed E-state index contributed by atoms with van der Waals surface area (Å²) in [6.45, 7) is 1.86. The number of carbonyl (C=O) groups excluding carboxylic acids is 2. The lowest BCUT2D eigenvalue weighted by Crippen LogP contribution is -2.18. The smallest absolute Gasteiger partial charge is 0.343 e. The van der Waals surface area contributed by atoms with Crippen LogP contribution in [-0.4, -0.2) is 25.2 Å². The van der Waals surface area contributed by atoms with Gasteiger partial charge >= 0.3 is 5.97 Å². The average molecular weight is 467 g/mol. The summed E-state index contributed by atoms with van der Waals surface area (Å²) in [7, 11) is 1.48. The summed E-state index contributed by atoms with van der Waals surface area (Å²) in [6, 6.07) is 19.1. The molecule has 6 nitrogen and oxygen atoms in total. The van der Waals surface area contributed by atoms with E-state index in [4.69, 9.17) is 9.47 Å². The van der Waals surface area contributed by atoms with Gasteiger partial charge in [-0.25, -0.2) is 10.2 Å². The number of hydrogen-bond donors (Lipinski definition) is 1. The molecule has 1 N–H and O–H groups in total. The Labute approximate surface area is 182 Å². The zero-order valence-electron chi connectivity index (χ0n) is 16.4. The Kier molecular flexibility index (Phi) is 6.98. The van der Waals surface area contributed by atoms with Crippen molar-refractivity contribution in [3.8, 4) is 11.5 Å². The van der Waals surface area contributed by atoms with Crippen molar-refractivity contribution in [2.24, 2.45) is 5.10 Å². The van der Waals surface area contributed by atoms with E-state index in [1.807, 2.05) is 25.1 Å². The molecule has 30 heavy (non-hydrogen) atoms. The molecule has 0 saturated heterocycles. The molecule has 152 valence electrons. The standard InChI is InChI=1S/C23H19BrN2O4/c1-15-6-3-4-9-19(15)22(27)26-25-14-16-10-11-20(21(12-16)29-2)30-23(28)17-7-5-8-18(24)13-17/h3-14H,1-2H3,(H,26,27)/b25-14-. The molecule has 0 unspecified atom stereocenters. The van der Waals surface area contributed by atoms with Crippen molar-refractivity contribution >= 4 is 34.0 Å². The number of nitrogens with zero attached hydrogens (tertiary/aromatic N) is 1. The highest BCUT2D eigenvalue weighted by atomic mass is 79.9. The highest BCUT2D eigenvalue weighted by Gasteiger charge is 2.13. The van der Waals surface area contributed by atoms with E-state index in [-0.39, 0.29) is 11.7 Å². The lowest BCUT2D eigenvalue weighted by Gasteiger charge is -2.10. The van der Waals surface area contributed by atoms with Gasteiger partial charge in [0.2, 0.25) is 0 Å². The van der Waals surface area contributed by atoms with Crippen LogP contribution < -0.4 is 14.9 Å². The van der Waals surface area contributed by atoms with Crippen molar-refractivity contribution in [2.75, 3.05) is 7.11 Å². The number of aryl methyl sites for hydroxylation is 1. The van der Waals surface area contributed by atoms with Gasteiger partial charge < -0.3 is 9.47 Å². The van der Waals surface area contributed by atoms with Crippen LogP contribution in [0.1, 0.15) is 31.8 Å². The van der Waals surface area contributed by atoms with Crippen molar-refractivity contribution < 1.29 is 19.1 Å². The SMILES string of the molecule is COc1cc(/C=N\NC(=O)c2ccccc2C)ccc1OC(=O)c1cccc(Br)c1. The third-order valence-corrected chi connectivity index (χ3v) is 4.71. The number of esters is 1. The molecule has 0 fully saturated rings. The monoisotopic (exact) mass is 466 g/mol. The number of ether oxygens (including phenoxy) is 2. The molecule has 7 heteroatoms. The van der Waals surface area contributed by atoms with Crippen LogP contribution in [0, 0.1) is 6.92 Å². The molecule has 0 atom stereocenters. The van der Waals surface area contributed by atoms with Crippen molar-refractivity contribution in [1.82, 2.24) is 5.43 Å². The molecule has 0 radical (unpaired) electrons. The zero-order valence-corrected chi connectivity index (χ0v) is 18.0. The number of nitrogens with one attached hydrogen (secondary N) is 1. The van der Waals surface area contributed by atoms with E-state index in [0.717, 1.165) is 10.0 Å². The fourth-order valence-electron chi connectivity index (χ4n) is 2.68. The first-order valence-electron chi connectivity index (χ1n) is 9.03. The molecule has 0 spiro atoms. The van der Waals surface area contributed by atoms with Crippen molar-refractivity contribution in [3.63, 3.8) is 0 Å². The number of rotatable bonds is 6. The molecule has 0 aromatic heterocycles. The second-order valence-corrected chi connectivity index (χ2v) is 7.24. The minimum atomic E-state index is -0.499. The first kappa shape index (κ1) is 21.3. The third-order valence-electron chi connectivity index (χ3n) is 4.22. The molecule has 3 rings (SSSR count). The Hall–Kier alpha value is -3.45. The number of hydrazone groups is 1. The Bertz CT molecular complexity index is 1110. The van der Waals surface area contributed by atoms with Crippen molar-refractivity contribution in [2.45, 2.75) is 6.92 Å². The van der Waals surface area contributed by atoms with Crippen LogP contribution in [0.4, 0.5) is 0 Å². The second-order valence-electron chi connectivity index (χ2n) is 6.32. The molecule has 0 heterocycles. The van der Waals surface area contributed by atoms with E-state index < -0.39 is 5.97 Å². The Morgan fingerprint density at radius 1 is 1.00 bits per heavy atom. The number of carbonyl (C=O) groups is 2. The van der Waals surface area contributed by atoms with Gasteiger partial charge in [0, 0.05) is 10.0 Å². The fraction of sp³-hybridized carbons (Fsp3) is 0.0870. The number of benzene rings is 3. The van der Waals surface area contributed by atoms with Crippen LogP contribution in [-0.2, 0) is 0 Å². The molecular formula is C23H19BrN2O4. The van der Waals surface area contributed by atoms with Crippen LogP contribution in [0.2, 0.25) is 0 Å². The Morgan fingerprint density at radius 2 is 1.80 bits per heavy atom. The number of methoxy groups -OCH3 is 1. The summed E-state index contributed by atoms with van der Waals surface area (Å²) in [4.78, 5) is 24.6. The van der Waals surface area contributed by atoms with Gasteiger partial charge in [0.1, 0.15) is 0 Å². The summed E-state index contributed by atoms with van der Waals surface area (Å²) < 4.78 is 11.6. The Morgan fingerprint density at radius 3 is 2.53 bits per heavy atom. The number of halogens is 1. The highest BCUT2D eigenvalue weighted by Crippen LogP contribution is 2.28. The normalized spacial score (nSPS) is 10.6. The maximum atomic E-state index is 12.4. The van der Waals surface area contributed by atoms with Crippen molar-refractivity contribution in [1.29, 1.82) is 0 Å². The van der Waals surface area contributed by atoms with Crippen LogP contribution in [0.15, 0.2) is 76.3 Å². The molecule has 3 aromatic rings. The number of hydrogen-bond acceptors (Lipinski definition) is 5. The van der Waals surface area contributed by atoms with Gasteiger partial charge in [0.25, 0.3) is 5.91 Å². The lowest BCUT2D eigenvalue weighted by molar-refractivity contribution is 0.0729. The summed E-state index contributed by atoms with van der Waals surface area (Å²) in [5.41, 5.74) is 5.00. The predicted molar refractivity (Wildman–Crippen MR) is 118 cm³/mol. The van der Waals surface area contributed by atoms with Gasteiger partial charge in [-0.05, 0) is 60.5 Å². The topological polar surface area (TPSA) is 77.0 Å². The fourth-order valence-corrected chi connectivity index (χ4v) is 3.08. The van der Waals surface area contributed by atoms with Gasteiger partial charge in [-0.1, -0.05) is 40.2 Å². The molecule has 1 amide bonds. The molecule has 3 aromatic carbocycles. The van der Waals surface area contributed by atoms with Gasteiger partial charge in [-0.3, -0.25) is 4.79 Å². The average Bonchev–Trinajstić information content (AvgIpc) is 2.74. The Balaban J connectivity index is 1.69. The molecule has 0 aliphatic rings. The van der Waals surface area contributed by atoms with Gasteiger partial charge in [-0.15, -0.1) is 0 Å². The van der Waals surface area contributed by atoms with E-state index in [9.17, 15) is 9.59 Å². The summed E-state index contributed by atoms with van der Waals surface area (Å²) >= 11 is 3.33. The highest BCUT2D eigenvalue weighted by molar-refractivity contribution is 9.10. The first-order valence-corrected chi connectivity index (χ1v) is 9.82. The maximum Gasteiger partial charge on any atom is 0.343 e. The summed E-state index contributed by atoms with van der Waals surface area (Å²) in [5.74, 6) is -0.145. The van der Waals surface area contributed by atoms with E-state index in [1.54, 1.807) is 48.5 Å². The summed E-state index contributed by atoms with van der Waals surface area (Å²) in [6.07, 6.45) is 1.48. The van der Waals surface area contributed by atoms with Crippen molar-refractivity contribution in [3.05, 3.63) is 93.5 Å². The quantitative estimate of drug-likeness (QED) is 0.246. The molecule has 0 aliphatic heterocycles. The van der Waals surface area contributed by atoms with E-state index >= 15 is 0 Å². The van der Waals surface area contributed by atoms with Crippen LogP contribution >= 0.6 is 15.9 Å². The maximum absolute atomic E-state index is 12.4. The van der Waals surface area contributed by atoms with Gasteiger partial charge in [-0.2, -0.15) is 5.10 Å². The molecular weight excluding hydrogens is 448 g/mol.